The van der Waals surface area contributed by atoms with Crippen LogP contribution in [0.25, 0.3) is 10.6 Å². The molecular formula is C18H19FN2O3S. The van der Waals surface area contributed by atoms with Gasteiger partial charge >= 0.3 is 5.97 Å². The largest absolute Gasteiger partial charge is 0.451 e. The van der Waals surface area contributed by atoms with E-state index in [2.05, 4.69) is 10.3 Å². The SMILES string of the molecule is Cc1nc(-c2ccc(F)cc2)sc1C(=O)OCC(=O)N[C@@H](C)C1CC1. The number of thiazole rings is 1. The van der Waals surface area contributed by atoms with Gasteiger partial charge in [0.1, 0.15) is 15.7 Å². The van der Waals surface area contributed by atoms with Crippen LogP contribution in [0.15, 0.2) is 24.3 Å². The average molecular weight is 362 g/mol. The molecule has 1 heterocycles. The van der Waals surface area contributed by atoms with Crippen LogP contribution in [-0.2, 0) is 9.53 Å². The molecule has 1 fully saturated rings. The normalized spacial score (nSPS) is 14.8. The van der Waals surface area contributed by atoms with Gasteiger partial charge in [0.25, 0.3) is 5.91 Å². The number of hydrogen-bond donors (Lipinski definition) is 1. The third kappa shape index (κ3) is 4.42. The summed E-state index contributed by atoms with van der Waals surface area (Å²) in [5, 5.41) is 3.44. The van der Waals surface area contributed by atoms with Crippen molar-refractivity contribution in [2.45, 2.75) is 32.7 Å². The van der Waals surface area contributed by atoms with E-state index in [0.29, 0.717) is 21.5 Å². The Hall–Kier alpha value is -2.28. The first-order chi connectivity index (χ1) is 11.9. The Labute approximate surface area is 149 Å². The third-order valence-corrected chi connectivity index (χ3v) is 5.31. The van der Waals surface area contributed by atoms with Gasteiger partial charge in [0.2, 0.25) is 0 Å². The van der Waals surface area contributed by atoms with Crippen LogP contribution in [0.3, 0.4) is 0 Å². The minimum Gasteiger partial charge on any atom is -0.451 e. The molecule has 1 N–H and O–H groups in total. The summed E-state index contributed by atoms with van der Waals surface area (Å²) in [6.45, 7) is 3.36. The molecule has 0 bridgehead atoms. The first-order valence-electron chi connectivity index (χ1n) is 8.14. The molecule has 3 rings (SSSR count). The number of aromatic nitrogens is 1. The van der Waals surface area contributed by atoms with Gasteiger partial charge in [-0.25, -0.2) is 14.2 Å². The molecule has 7 heteroatoms. The van der Waals surface area contributed by atoms with E-state index in [0.717, 1.165) is 18.4 Å². The van der Waals surface area contributed by atoms with Crippen molar-refractivity contribution in [3.63, 3.8) is 0 Å². The van der Waals surface area contributed by atoms with Crippen LogP contribution in [0.5, 0.6) is 0 Å². The molecule has 0 aliphatic heterocycles. The number of aryl methyl sites for hydroxylation is 1. The Morgan fingerprint density at radius 1 is 1.36 bits per heavy atom. The number of benzene rings is 1. The van der Waals surface area contributed by atoms with Gasteiger partial charge in [-0.15, -0.1) is 11.3 Å². The molecule has 1 aromatic carbocycles. The van der Waals surface area contributed by atoms with Gasteiger partial charge in [-0.2, -0.15) is 0 Å². The van der Waals surface area contributed by atoms with Gasteiger partial charge in [0.15, 0.2) is 6.61 Å². The van der Waals surface area contributed by atoms with Crippen molar-refractivity contribution in [1.29, 1.82) is 0 Å². The molecule has 1 aliphatic rings. The minimum atomic E-state index is -0.572. The third-order valence-electron chi connectivity index (χ3n) is 4.13. The van der Waals surface area contributed by atoms with E-state index < -0.39 is 5.97 Å². The molecule has 1 aliphatic carbocycles. The first kappa shape index (κ1) is 17.5. The van der Waals surface area contributed by atoms with Gasteiger partial charge in [-0.3, -0.25) is 4.79 Å². The fourth-order valence-electron chi connectivity index (χ4n) is 2.51. The van der Waals surface area contributed by atoms with Crippen molar-refractivity contribution in [1.82, 2.24) is 10.3 Å². The maximum Gasteiger partial charge on any atom is 0.350 e. The second-order valence-corrected chi connectivity index (χ2v) is 7.21. The molecule has 0 spiro atoms. The lowest BCUT2D eigenvalue weighted by atomic mass is 10.2. The average Bonchev–Trinajstić information content (AvgIpc) is 3.36. The second-order valence-electron chi connectivity index (χ2n) is 6.21. The molecule has 1 saturated carbocycles. The number of nitrogens with zero attached hydrogens (tertiary/aromatic N) is 1. The Kier molecular flexibility index (Phi) is 5.13. The monoisotopic (exact) mass is 362 g/mol. The van der Waals surface area contributed by atoms with Crippen molar-refractivity contribution in [3.8, 4) is 10.6 Å². The summed E-state index contributed by atoms with van der Waals surface area (Å²) in [5.74, 6) is -0.656. The van der Waals surface area contributed by atoms with Crippen molar-refractivity contribution in [2.75, 3.05) is 6.61 Å². The predicted octanol–water partition coefficient (Wildman–Crippen LogP) is 3.33. The number of rotatable bonds is 6. The standard InChI is InChI=1S/C18H19FN2O3S/c1-10(12-3-4-12)20-15(22)9-24-18(23)16-11(2)21-17(25-16)13-5-7-14(19)8-6-13/h5-8,10,12H,3-4,9H2,1-2H3,(H,20,22)/t10-/m0/s1. The molecular weight excluding hydrogens is 343 g/mol. The van der Waals surface area contributed by atoms with E-state index in [1.807, 2.05) is 6.92 Å². The van der Waals surface area contributed by atoms with Crippen LogP contribution in [0.4, 0.5) is 4.39 Å². The van der Waals surface area contributed by atoms with E-state index >= 15 is 0 Å². The highest BCUT2D eigenvalue weighted by Crippen LogP contribution is 2.32. The van der Waals surface area contributed by atoms with E-state index in [1.54, 1.807) is 19.1 Å². The van der Waals surface area contributed by atoms with Gasteiger partial charge in [0.05, 0.1) is 5.69 Å². The molecule has 25 heavy (non-hydrogen) atoms. The number of carbonyl (C=O) groups excluding carboxylic acids is 2. The van der Waals surface area contributed by atoms with Gasteiger partial charge in [-0.05, 0) is 56.9 Å². The predicted molar refractivity (Wildman–Crippen MR) is 92.9 cm³/mol. The smallest absolute Gasteiger partial charge is 0.350 e. The van der Waals surface area contributed by atoms with Crippen LogP contribution in [0.2, 0.25) is 0 Å². The second kappa shape index (κ2) is 7.31. The number of hydrogen-bond acceptors (Lipinski definition) is 5. The van der Waals surface area contributed by atoms with Gasteiger partial charge < -0.3 is 10.1 Å². The highest BCUT2D eigenvalue weighted by molar-refractivity contribution is 7.17. The van der Waals surface area contributed by atoms with E-state index in [-0.39, 0.29) is 24.4 Å². The number of nitrogens with one attached hydrogen (secondary N) is 1. The summed E-state index contributed by atoms with van der Waals surface area (Å²) in [6.07, 6.45) is 2.26. The Morgan fingerprint density at radius 3 is 2.68 bits per heavy atom. The first-order valence-corrected chi connectivity index (χ1v) is 8.95. The Bertz CT molecular complexity index is 784. The summed E-state index contributed by atoms with van der Waals surface area (Å²) in [6, 6.07) is 6.01. The minimum absolute atomic E-state index is 0.112. The van der Waals surface area contributed by atoms with E-state index in [9.17, 15) is 14.0 Å². The highest BCUT2D eigenvalue weighted by Gasteiger charge is 2.29. The fourth-order valence-corrected chi connectivity index (χ4v) is 3.47. The lowest BCUT2D eigenvalue weighted by molar-refractivity contribution is -0.124. The molecule has 1 atom stereocenters. The maximum atomic E-state index is 13.0. The van der Waals surface area contributed by atoms with Gasteiger partial charge in [-0.1, -0.05) is 0 Å². The van der Waals surface area contributed by atoms with E-state index in [1.165, 1.54) is 23.5 Å². The van der Waals surface area contributed by atoms with Crippen molar-refractivity contribution in [3.05, 3.63) is 40.7 Å². The summed E-state index contributed by atoms with van der Waals surface area (Å²) in [5.41, 5.74) is 1.26. The molecule has 0 radical (unpaired) electrons. The van der Waals surface area contributed by atoms with Gasteiger partial charge in [0, 0.05) is 11.6 Å². The molecule has 0 saturated heterocycles. The number of carbonyl (C=O) groups is 2. The van der Waals surface area contributed by atoms with Crippen LogP contribution in [0.1, 0.15) is 35.1 Å². The van der Waals surface area contributed by atoms with E-state index in [4.69, 9.17) is 4.74 Å². The van der Waals surface area contributed by atoms with Crippen molar-refractivity contribution in [2.24, 2.45) is 5.92 Å². The number of ether oxygens (including phenoxy) is 1. The van der Waals surface area contributed by atoms with Crippen LogP contribution in [0, 0.1) is 18.7 Å². The Morgan fingerprint density at radius 2 is 2.04 bits per heavy atom. The molecule has 132 valence electrons. The summed E-state index contributed by atoms with van der Waals surface area (Å²) in [7, 11) is 0. The highest BCUT2D eigenvalue weighted by atomic mass is 32.1. The van der Waals surface area contributed by atoms with Crippen LogP contribution in [-0.4, -0.2) is 29.5 Å². The van der Waals surface area contributed by atoms with Crippen molar-refractivity contribution >= 4 is 23.2 Å². The van der Waals surface area contributed by atoms with Crippen LogP contribution >= 0.6 is 11.3 Å². The van der Waals surface area contributed by atoms with Crippen molar-refractivity contribution < 1.29 is 18.7 Å². The topological polar surface area (TPSA) is 68.3 Å². The fraction of sp³-hybridized carbons (Fsp3) is 0.389. The number of halogens is 1. The lowest BCUT2D eigenvalue weighted by Gasteiger charge is -2.12. The number of amides is 1. The summed E-state index contributed by atoms with van der Waals surface area (Å²) >= 11 is 1.17. The summed E-state index contributed by atoms with van der Waals surface area (Å²) < 4.78 is 18.1. The van der Waals surface area contributed by atoms with Crippen LogP contribution < -0.4 is 5.32 Å². The zero-order valence-electron chi connectivity index (χ0n) is 14.0. The lowest BCUT2D eigenvalue weighted by Crippen LogP contribution is -2.37. The quantitative estimate of drug-likeness (QED) is 0.801. The molecule has 1 aromatic heterocycles. The molecule has 1 amide bonds. The number of esters is 1. The molecule has 2 aromatic rings. The molecule has 5 nitrogen and oxygen atoms in total. The Balaban J connectivity index is 1.60. The zero-order chi connectivity index (χ0) is 18.0. The maximum absolute atomic E-state index is 13.0. The molecule has 0 unspecified atom stereocenters. The zero-order valence-corrected chi connectivity index (χ0v) is 14.9. The summed E-state index contributed by atoms with van der Waals surface area (Å²) in [4.78, 5) is 28.7.